The molecule has 0 aliphatic carbocycles. The summed E-state index contributed by atoms with van der Waals surface area (Å²) in [5.74, 6) is -0.872. The lowest BCUT2D eigenvalue weighted by molar-refractivity contribution is -0.167. The van der Waals surface area contributed by atoms with Crippen molar-refractivity contribution >= 4 is 17.9 Å². The van der Waals surface area contributed by atoms with Crippen molar-refractivity contribution in [1.82, 2.24) is 0 Å². The molecule has 0 amide bonds. The van der Waals surface area contributed by atoms with Gasteiger partial charge in [-0.2, -0.15) is 0 Å². The van der Waals surface area contributed by atoms with Crippen LogP contribution in [0.25, 0.3) is 0 Å². The predicted molar refractivity (Wildman–Crippen MR) is 335 cm³/mol. The minimum Gasteiger partial charge on any atom is -0.462 e. The summed E-state index contributed by atoms with van der Waals surface area (Å²) in [6.45, 7) is 6.48. The maximum atomic E-state index is 12.8. The smallest absolute Gasteiger partial charge is 0.306 e. The van der Waals surface area contributed by atoms with Crippen LogP contribution in [0.1, 0.15) is 342 Å². The van der Waals surface area contributed by atoms with Crippen LogP contribution in [0.2, 0.25) is 0 Å². The number of carbonyl (C=O) groups is 3. The number of allylic oxidation sites excluding steroid dienone is 12. The van der Waals surface area contributed by atoms with Gasteiger partial charge in [-0.1, -0.05) is 306 Å². The molecule has 6 nitrogen and oxygen atoms in total. The molecule has 0 aromatic heterocycles. The summed E-state index contributed by atoms with van der Waals surface area (Å²) in [7, 11) is 0. The topological polar surface area (TPSA) is 78.9 Å². The van der Waals surface area contributed by atoms with E-state index < -0.39 is 6.10 Å². The molecule has 0 heterocycles. The van der Waals surface area contributed by atoms with Crippen molar-refractivity contribution in [2.24, 2.45) is 0 Å². The van der Waals surface area contributed by atoms with Crippen molar-refractivity contribution in [3.05, 3.63) is 72.9 Å². The molecule has 1 atom stereocenters. The van der Waals surface area contributed by atoms with Gasteiger partial charge in [-0.25, -0.2) is 0 Å². The molecule has 0 radical (unpaired) electrons. The highest BCUT2D eigenvalue weighted by molar-refractivity contribution is 5.71. The highest BCUT2D eigenvalue weighted by Crippen LogP contribution is 2.17. The summed E-state index contributed by atoms with van der Waals surface area (Å²) < 4.78 is 16.8. The van der Waals surface area contributed by atoms with Crippen LogP contribution in [-0.2, 0) is 28.6 Å². The Morgan fingerprint density at radius 3 is 0.805 bits per heavy atom. The van der Waals surface area contributed by atoms with Crippen LogP contribution in [0.15, 0.2) is 72.9 Å². The number of hydrogen-bond donors (Lipinski definition) is 0. The van der Waals surface area contributed by atoms with Gasteiger partial charge in [0.25, 0.3) is 0 Å². The molecule has 0 bridgehead atoms. The maximum absolute atomic E-state index is 12.8. The minimum absolute atomic E-state index is 0.0729. The highest BCUT2D eigenvalue weighted by Gasteiger charge is 2.19. The second-order valence-electron chi connectivity index (χ2n) is 22.4. The van der Waals surface area contributed by atoms with E-state index in [9.17, 15) is 14.4 Å². The van der Waals surface area contributed by atoms with E-state index in [0.717, 1.165) is 96.3 Å². The number of hydrogen-bond acceptors (Lipinski definition) is 6. The lowest BCUT2D eigenvalue weighted by Gasteiger charge is -2.18. The van der Waals surface area contributed by atoms with E-state index in [4.69, 9.17) is 14.2 Å². The molecule has 446 valence electrons. The standard InChI is InChI=1S/C71H126O6/c1-4-7-10-13-15-17-19-21-23-25-27-29-31-33-34-35-36-38-39-41-43-45-47-49-51-53-55-58-61-64-70(73)76-67-68(66-75-69(72)63-60-57-12-9-6-3)77-71(74)65-62-59-56-54-52-50-48-46-44-42-40-37-32-30-28-26-24-22-20-18-16-14-11-8-5-2/h7,10,15,17,21,23,26-29,33-34,68H,4-6,8-9,11-14,16,18-20,22,24-25,30-32,35-67H2,1-3H3/b10-7-,17-15-,23-21-,28-26-,29-27-,34-33-. The molecule has 0 spiro atoms. The molecule has 77 heavy (non-hydrogen) atoms. The van der Waals surface area contributed by atoms with Crippen molar-refractivity contribution < 1.29 is 28.6 Å². The van der Waals surface area contributed by atoms with Gasteiger partial charge in [-0.05, 0) is 89.9 Å². The summed E-state index contributed by atoms with van der Waals surface area (Å²) in [6, 6.07) is 0. The molecule has 0 aliphatic rings. The van der Waals surface area contributed by atoms with Gasteiger partial charge in [0.1, 0.15) is 13.2 Å². The van der Waals surface area contributed by atoms with Gasteiger partial charge < -0.3 is 14.2 Å². The Hall–Kier alpha value is -3.15. The SMILES string of the molecule is CC/C=C\C/C=C\C/C=C\C/C=C\C/C=C\CCCCCCCCCCCCCCCC(=O)OCC(COC(=O)CCCCCCC)OC(=O)CCCCCCCCCCCCCCC/C=C\CCCCCCCCCC. The van der Waals surface area contributed by atoms with E-state index in [0.29, 0.717) is 19.3 Å². The normalized spacial score (nSPS) is 12.5. The van der Waals surface area contributed by atoms with Crippen molar-refractivity contribution in [2.45, 2.75) is 348 Å². The molecule has 6 heteroatoms. The third-order valence-electron chi connectivity index (χ3n) is 14.7. The first-order chi connectivity index (χ1) is 38.0. The Bertz CT molecular complexity index is 1420. The lowest BCUT2D eigenvalue weighted by Crippen LogP contribution is -2.30. The average molecular weight is 1080 g/mol. The Balaban J connectivity index is 3.99. The zero-order valence-electron chi connectivity index (χ0n) is 51.2. The summed E-state index contributed by atoms with van der Waals surface area (Å²) >= 11 is 0. The molecule has 0 saturated heterocycles. The van der Waals surface area contributed by atoms with Crippen LogP contribution >= 0.6 is 0 Å². The van der Waals surface area contributed by atoms with Crippen LogP contribution in [0.5, 0.6) is 0 Å². The highest BCUT2D eigenvalue weighted by atomic mass is 16.6. The fourth-order valence-electron chi connectivity index (χ4n) is 9.70. The third-order valence-corrected chi connectivity index (χ3v) is 14.7. The van der Waals surface area contributed by atoms with Crippen LogP contribution < -0.4 is 0 Å². The Labute approximate surface area is 478 Å². The van der Waals surface area contributed by atoms with Crippen LogP contribution in [0.3, 0.4) is 0 Å². The fourth-order valence-corrected chi connectivity index (χ4v) is 9.70. The first kappa shape index (κ1) is 73.8. The number of carbonyl (C=O) groups excluding carboxylic acids is 3. The summed E-state index contributed by atoms with van der Waals surface area (Å²) in [5.41, 5.74) is 0. The lowest BCUT2D eigenvalue weighted by atomic mass is 10.0. The van der Waals surface area contributed by atoms with Crippen LogP contribution in [-0.4, -0.2) is 37.2 Å². The second kappa shape index (κ2) is 65.4. The van der Waals surface area contributed by atoms with Crippen molar-refractivity contribution in [3.63, 3.8) is 0 Å². The zero-order valence-corrected chi connectivity index (χ0v) is 51.2. The van der Waals surface area contributed by atoms with E-state index in [1.54, 1.807) is 0 Å². The molecule has 0 N–H and O–H groups in total. The van der Waals surface area contributed by atoms with Gasteiger partial charge in [0.15, 0.2) is 6.10 Å². The third kappa shape index (κ3) is 63.6. The predicted octanol–water partition coefficient (Wildman–Crippen LogP) is 22.9. The molecule has 1 unspecified atom stereocenters. The number of unbranched alkanes of at least 4 members (excludes halogenated alkanes) is 38. The quantitative estimate of drug-likeness (QED) is 0.0261. The average Bonchev–Trinajstić information content (AvgIpc) is 3.43. The van der Waals surface area contributed by atoms with Gasteiger partial charge in [0, 0.05) is 19.3 Å². The number of ether oxygens (including phenoxy) is 3. The van der Waals surface area contributed by atoms with E-state index >= 15 is 0 Å². The second-order valence-corrected chi connectivity index (χ2v) is 22.4. The molecular weight excluding hydrogens is 949 g/mol. The van der Waals surface area contributed by atoms with E-state index in [2.05, 4.69) is 93.7 Å². The number of esters is 3. The molecule has 0 rings (SSSR count). The Kier molecular flexibility index (Phi) is 62.7. The summed E-state index contributed by atoms with van der Waals surface area (Å²) in [6.07, 6.45) is 85.4. The van der Waals surface area contributed by atoms with Gasteiger partial charge in [-0.15, -0.1) is 0 Å². The first-order valence-corrected chi connectivity index (χ1v) is 33.4. The van der Waals surface area contributed by atoms with Crippen LogP contribution in [0.4, 0.5) is 0 Å². The van der Waals surface area contributed by atoms with Gasteiger partial charge >= 0.3 is 17.9 Å². The van der Waals surface area contributed by atoms with Crippen molar-refractivity contribution in [3.8, 4) is 0 Å². The van der Waals surface area contributed by atoms with E-state index in [1.165, 1.54) is 205 Å². The van der Waals surface area contributed by atoms with Gasteiger partial charge in [0.05, 0.1) is 0 Å². The molecule has 0 aromatic rings. The van der Waals surface area contributed by atoms with Crippen LogP contribution in [0, 0.1) is 0 Å². The minimum atomic E-state index is -0.771. The summed E-state index contributed by atoms with van der Waals surface area (Å²) in [5, 5.41) is 0. The first-order valence-electron chi connectivity index (χ1n) is 33.4. The molecular formula is C71H126O6. The maximum Gasteiger partial charge on any atom is 0.306 e. The summed E-state index contributed by atoms with van der Waals surface area (Å²) in [4.78, 5) is 38.0. The largest absolute Gasteiger partial charge is 0.462 e. The zero-order chi connectivity index (χ0) is 55.7. The van der Waals surface area contributed by atoms with E-state index in [1.807, 2.05) is 0 Å². The Morgan fingerprint density at radius 2 is 0.506 bits per heavy atom. The van der Waals surface area contributed by atoms with Gasteiger partial charge in [-0.3, -0.25) is 14.4 Å². The molecule has 0 fully saturated rings. The molecule has 0 aliphatic heterocycles. The molecule has 0 saturated carbocycles. The fraction of sp³-hybridized carbons (Fsp3) is 0.789. The van der Waals surface area contributed by atoms with E-state index in [-0.39, 0.29) is 31.1 Å². The van der Waals surface area contributed by atoms with Gasteiger partial charge in [0.2, 0.25) is 0 Å². The Morgan fingerprint density at radius 1 is 0.273 bits per heavy atom. The molecule has 0 aromatic carbocycles. The number of rotatable bonds is 61. The van der Waals surface area contributed by atoms with Crippen molar-refractivity contribution in [2.75, 3.05) is 13.2 Å². The van der Waals surface area contributed by atoms with Crippen molar-refractivity contribution in [1.29, 1.82) is 0 Å². The monoisotopic (exact) mass is 1070 g/mol.